The number of hydrogen-bond donors (Lipinski definition) is 0. The number of carbonyl (C=O) groups excluding carboxylic acids is 1. The highest BCUT2D eigenvalue weighted by atomic mass is 79.9. The molecule has 0 radical (unpaired) electrons. The lowest BCUT2D eigenvalue weighted by atomic mass is 10.2. The van der Waals surface area contributed by atoms with Gasteiger partial charge in [-0.15, -0.1) is 11.3 Å². The van der Waals surface area contributed by atoms with Crippen molar-refractivity contribution < 1.29 is 9.53 Å². The number of carbonyl (C=O) groups is 1. The zero-order valence-electron chi connectivity index (χ0n) is 11.2. The van der Waals surface area contributed by atoms with Crippen LogP contribution in [0.4, 0.5) is 0 Å². The summed E-state index contributed by atoms with van der Waals surface area (Å²) in [6.07, 6.45) is 0. The van der Waals surface area contributed by atoms with Crippen molar-refractivity contribution in [2.24, 2.45) is 0 Å². The SMILES string of the molecule is CCOC(=O)c1nc(-c2cccc(Br)c2)nc2ccsc12. The molecule has 0 amide bonds. The Hall–Kier alpha value is -1.79. The lowest BCUT2D eigenvalue weighted by Gasteiger charge is -2.06. The lowest BCUT2D eigenvalue weighted by Crippen LogP contribution is -2.08. The minimum Gasteiger partial charge on any atom is -0.461 e. The number of fused-ring (bicyclic) bond motifs is 1. The first-order chi connectivity index (χ1) is 10.2. The maximum Gasteiger partial charge on any atom is 0.358 e. The average Bonchev–Trinajstić information content (AvgIpc) is 2.94. The van der Waals surface area contributed by atoms with E-state index in [1.54, 1.807) is 6.92 Å². The van der Waals surface area contributed by atoms with E-state index in [9.17, 15) is 4.79 Å². The number of esters is 1. The van der Waals surface area contributed by atoms with E-state index in [2.05, 4.69) is 25.9 Å². The molecule has 1 aromatic carbocycles. The Balaban J connectivity index is 2.18. The topological polar surface area (TPSA) is 52.1 Å². The Kier molecular flexibility index (Phi) is 3.98. The van der Waals surface area contributed by atoms with Crippen molar-refractivity contribution in [2.45, 2.75) is 6.92 Å². The minimum atomic E-state index is -0.413. The lowest BCUT2D eigenvalue weighted by molar-refractivity contribution is 0.0522. The zero-order valence-corrected chi connectivity index (χ0v) is 13.6. The van der Waals surface area contributed by atoms with Crippen LogP contribution in [0.3, 0.4) is 0 Å². The van der Waals surface area contributed by atoms with Gasteiger partial charge in [0.1, 0.15) is 0 Å². The van der Waals surface area contributed by atoms with Gasteiger partial charge in [0.25, 0.3) is 0 Å². The number of nitrogens with zero attached hydrogens (tertiary/aromatic N) is 2. The van der Waals surface area contributed by atoms with Gasteiger partial charge in [0.2, 0.25) is 0 Å². The van der Waals surface area contributed by atoms with E-state index in [4.69, 9.17) is 4.74 Å². The van der Waals surface area contributed by atoms with E-state index in [1.165, 1.54) is 11.3 Å². The molecule has 21 heavy (non-hydrogen) atoms. The molecule has 0 atom stereocenters. The van der Waals surface area contributed by atoms with Gasteiger partial charge in [-0.05, 0) is 30.5 Å². The van der Waals surface area contributed by atoms with Crippen LogP contribution < -0.4 is 0 Å². The smallest absolute Gasteiger partial charge is 0.358 e. The number of hydrogen-bond acceptors (Lipinski definition) is 5. The minimum absolute atomic E-state index is 0.321. The molecule has 2 aromatic heterocycles. The molecular formula is C15H11BrN2O2S. The van der Waals surface area contributed by atoms with Crippen LogP contribution in [-0.2, 0) is 4.74 Å². The van der Waals surface area contributed by atoms with Crippen molar-refractivity contribution in [1.82, 2.24) is 9.97 Å². The maximum absolute atomic E-state index is 12.1. The van der Waals surface area contributed by atoms with Crippen LogP contribution in [0.25, 0.3) is 21.6 Å². The summed E-state index contributed by atoms with van der Waals surface area (Å²) >= 11 is 4.87. The van der Waals surface area contributed by atoms with Crippen LogP contribution in [0, 0.1) is 0 Å². The van der Waals surface area contributed by atoms with Crippen LogP contribution >= 0.6 is 27.3 Å². The van der Waals surface area contributed by atoms with Gasteiger partial charge in [0, 0.05) is 10.0 Å². The Morgan fingerprint density at radius 1 is 1.33 bits per heavy atom. The van der Waals surface area contributed by atoms with Crippen molar-refractivity contribution >= 4 is 43.5 Å². The van der Waals surface area contributed by atoms with Crippen molar-refractivity contribution in [3.05, 3.63) is 45.9 Å². The van der Waals surface area contributed by atoms with Gasteiger partial charge in [0.15, 0.2) is 11.5 Å². The van der Waals surface area contributed by atoms with Crippen molar-refractivity contribution in [1.29, 1.82) is 0 Å². The first-order valence-corrected chi connectivity index (χ1v) is 8.04. The molecule has 4 nitrogen and oxygen atoms in total. The molecule has 0 spiro atoms. The number of ether oxygens (including phenoxy) is 1. The van der Waals surface area contributed by atoms with Gasteiger partial charge < -0.3 is 4.74 Å². The first-order valence-electron chi connectivity index (χ1n) is 6.37. The number of benzene rings is 1. The fourth-order valence-electron chi connectivity index (χ4n) is 1.96. The average molecular weight is 363 g/mol. The summed E-state index contributed by atoms with van der Waals surface area (Å²) in [6, 6.07) is 9.55. The molecule has 0 bridgehead atoms. The largest absolute Gasteiger partial charge is 0.461 e. The molecule has 0 aliphatic carbocycles. The van der Waals surface area contributed by atoms with Crippen LogP contribution in [-0.4, -0.2) is 22.5 Å². The van der Waals surface area contributed by atoms with Gasteiger partial charge in [-0.2, -0.15) is 0 Å². The van der Waals surface area contributed by atoms with Crippen molar-refractivity contribution in [2.75, 3.05) is 6.61 Å². The predicted molar refractivity (Wildman–Crippen MR) is 86.5 cm³/mol. The van der Waals surface area contributed by atoms with Gasteiger partial charge in [-0.1, -0.05) is 28.1 Å². The maximum atomic E-state index is 12.1. The van der Waals surface area contributed by atoms with Crippen LogP contribution in [0.1, 0.15) is 17.4 Å². The molecular weight excluding hydrogens is 352 g/mol. The Morgan fingerprint density at radius 2 is 2.19 bits per heavy atom. The molecule has 0 fully saturated rings. The second-order valence-electron chi connectivity index (χ2n) is 4.26. The molecule has 0 aliphatic rings. The highest BCUT2D eigenvalue weighted by molar-refractivity contribution is 9.10. The molecule has 3 aromatic rings. The Labute approximate surface area is 133 Å². The van der Waals surface area contributed by atoms with Crippen LogP contribution in [0.15, 0.2) is 40.2 Å². The summed E-state index contributed by atoms with van der Waals surface area (Å²) in [5.41, 5.74) is 1.93. The van der Waals surface area contributed by atoms with Crippen molar-refractivity contribution in [3.8, 4) is 11.4 Å². The second-order valence-corrected chi connectivity index (χ2v) is 6.09. The van der Waals surface area contributed by atoms with E-state index < -0.39 is 5.97 Å². The highest BCUT2D eigenvalue weighted by Crippen LogP contribution is 2.27. The van der Waals surface area contributed by atoms with Crippen molar-refractivity contribution in [3.63, 3.8) is 0 Å². The summed E-state index contributed by atoms with van der Waals surface area (Å²) in [7, 11) is 0. The number of rotatable bonds is 3. The normalized spacial score (nSPS) is 10.8. The van der Waals surface area contributed by atoms with E-state index in [0.29, 0.717) is 18.1 Å². The summed E-state index contributed by atoms with van der Waals surface area (Å²) in [6.45, 7) is 2.10. The highest BCUT2D eigenvalue weighted by Gasteiger charge is 2.17. The van der Waals surface area contributed by atoms with Gasteiger partial charge in [-0.3, -0.25) is 0 Å². The molecule has 0 N–H and O–H groups in total. The Bertz CT molecular complexity index is 816. The second kappa shape index (κ2) is 5.91. The first kappa shape index (κ1) is 14.2. The van der Waals surface area contributed by atoms with Gasteiger partial charge in [0.05, 0.1) is 16.8 Å². The third-order valence-electron chi connectivity index (χ3n) is 2.86. The molecule has 0 saturated heterocycles. The predicted octanol–water partition coefficient (Wildman–Crippen LogP) is 4.30. The third-order valence-corrected chi connectivity index (χ3v) is 4.26. The summed E-state index contributed by atoms with van der Waals surface area (Å²) in [5.74, 6) is 0.105. The Morgan fingerprint density at radius 3 is 2.95 bits per heavy atom. The standard InChI is InChI=1S/C15H11BrN2O2S/c1-2-20-15(19)12-13-11(6-7-21-13)17-14(18-12)9-4-3-5-10(16)8-9/h3-8H,2H2,1H3. The number of halogens is 1. The fraction of sp³-hybridized carbons (Fsp3) is 0.133. The monoisotopic (exact) mass is 362 g/mol. The zero-order chi connectivity index (χ0) is 14.8. The van der Waals surface area contributed by atoms with Gasteiger partial charge in [-0.25, -0.2) is 14.8 Å². The van der Waals surface area contributed by atoms with Crippen LogP contribution in [0.2, 0.25) is 0 Å². The summed E-state index contributed by atoms with van der Waals surface area (Å²) in [5, 5.41) is 1.90. The summed E-state index contributed by atoms with van der Waals surface area (Å²) < 4.78 is 6.78. The number of aromatic nitrogens is 2. The molecule has 2 heterocycles. The molecule has 0 saturated carbocycles. The molecule has 3 rings (SSSR count). The van der Waals surface area contributed by atoms with Crippen LogP contribution in [0.5, 0.6) is 0 Å². The van der Waals surface area contributed by atoms with E-state index in [1.807, 2.05) is 35.7 Å². The number of thiophene rings is 1. The third kappa shape index (κ3) is 2.82. The van der Waals surface area contributed by atoms with E-state index in [0.717, 1.165) is 20.3 Å². The quantitative estimate of drug-likeness (QED) is 0.651. The summed E-state index contributed by atoms with van der Waals surface area (Å²) in [4.78, 5) is 21.0. The molecule has 106 valence electrons. The molecule has 6 heteroatoms. The van der Waals surface area contributed by atoms with E-state index >= 15 is 0 Å². The molecule has 0 aliphatic heterocycles. The molecule has 0 unspecified atom stereocenters. The fourth-order valence-corrected chi connectivity index (χ4v) is 3.17. The van der Waals surface area contributed by atoms with Gasteiger partial charge >= 0.3 is 5.97 Å². The van der Waals surface area contributed by atoms with E-state index in [-0.39, 0.29) is 0 Å².